The predicted octanol–water partition coefficient (Wildman–Crippen LogP) is 2.39. The van der Waals surface area contributed by atoms with E-state index in [1.165, 1.54) is 0 Å². The lowest BCUT2D eigenvalue weighted by Crippen LogP contribution is -2.33. The van der Waals surface area contributed by atoms with Gasteiger partial charge < -0.3 is 9.84 Å². The van der Waals surface area contributed by atoms with Crippen LogP contribution in [0.15, 0.2) is 24.3 Å². The van der Waals surface area contributed by atoms with Crippen molar-refractivity contribution < 1.29 is 9.84 Å². The van der Waals surface area contributed by atoms with E-state index in [0.717, 1.165) is 23.1 Å². The van der Waals surface area contributed by atoms with Gasteiger partial charge >= 0.3 is 0 Å². The molecule has 0 spiro atoms. The maximum absolute atomic E-state index is 10.4. The van der Waals surface area contributed by atoms with E-state index in [1.54, 1.807) is 6.92 Å². The molecule has 0 amide bonds. The van der Waals surface area contributed by atoms with E-state index < -0.39 is 5.60 Å². The minimum absolute atomic E-state index is 0.330. The van der Waals surface area contributed by atoms with Crippen LogP contribution in [0.4, 0.5) is 0 Å². The summed E-state index contributed by atoms with van der Waals surface area (Å²) in [4.78, 5) is 0. The number of aromatic nitrogens is 2. The van der Waals surface area contributed by atoms with Crippen molar-refractivity contribution in [3.8, 4) is 0 Å². The van der Waals surface area contributed by atoms with Gasteiger partial charge in [0, 0.05) is 25.0 Å². The molecule has 0 aliphatic carbocycles. The fourth-order valence-corrected chi connectivity index (χ4v) is 2.30. The van der Waals surface area contributed by atoms with Crippen LogP contribution in [0.25, 0.3) is 10.9 Å². The molecule has 0 radical (unpaired) electrons. The third-order valence-electron chi connectivity index (χ3n) is 3.20. The highest BCUT2D eigenvalue weighted by molar-refractivity contribution is 5.82. The first kappa shape index (κ1) is 14.0. The first-order chi connectivity index (χ1) is 9.07. The molecule has 1 N–H and O–H groups in total. The SMILES string of the molecule is CCOCC(C)(O)Cc1nn(CC)c2ccccc12. The van der Waals surface area contributed by atoms with Crippen LogP contribution >= 0.6 is 0 Å². The van der Waals surface area contributed by atoms with Gasteiger partial charge in [-0.3, -0.25) is 4.68 Å². The van der Waals surface area contributed by atoms with Gasteiger partial charge in [-0.2, -0.15) is 5.10 Å². The number of benzene rings is 1. The number of nitrogens with zero attached hydrogens (tertiary/aromatic N) is 2. The topological polar surface area (TPSA) is 47.3 Å². The Balaban J connectivity index is 2.30. The standard InChI is InChI=1S/C15H22N2O2/c1-4-17-14-9-7-6-8-12(14)13(16-17)10-15(3,18)11-19-5-2/h6-9,18H,4-5,10-11H2,1-3H3. The van der Waals surface area contributed by atoms with Gasteiger partial charge in [-0.15, -0.1) is 0 Å². The van der Waals surface area contributed by atoms with E-state index in [9.17, 15) is 5.11 Å². The van der Waals surface area contributed by atoms with E-state index in [0.29, 0.717) is 19.6 Å². The summed E-state index contributed by atoms with van der Waals surface area (Å²) in [6, 6.07) is 8.14. The van der Waals surface area contributed by atoms with E-state index in [1.807, 2.05) is 23.7 Å². The van der Waals surface area contributed by atoms with Crippen LogP contribution in [0.5, 0.6) is 0 Å². The van der Waals surface area contributed by atoms with Crippen molar-refractivity contribution in [1.29, 1.82) is 0 Å². The molecule has 2 rings (SSSR count). The van der Waals surface area contributed by atoms with Crippen LogP contribution in [0, 0.1) is 0 Å². The third-order valence-corrected chi connectivity index (χ3v) is 3.20. The Kier molecular flexibility index (Phi) is 4.22. The van der Waals surface area contributed by atoms with Gasteiger partial charge in [0.15, 0.2) is 0 Å². The van der Waals surface area contributed by atoms with Gasteiger partial charge in [0.25, 0.3) is 0 Å². The van der Waals surface area contributed by atoms with E-state index in [-0.39, 0.29) is 0 Å². The number of aliphatic hydroxyl groups is 1. The Morgan fingerprint density at radius 1 is 1.32 bits per heavy atom. The van der Waals surface area contributed by atoms with E-state index in [2.05, 4.69) is 24.2 Å². The Bertz CT molecular complexity index is 546. The summed E-state index contributed by atoms with van der Waals surface area (Å²) in [6.45, 7) is 7.56. The normalized spacial score (nSPS) is 14.7. The zero-order valence-electron chi connectivity index (χ0n) is 11.9. The van der Waals surface area contributed by atoms with Crippen molar-refractivity contribution in [3.63, 3.8) is 0 Å². The second-order valence-electron chi connectivity index (χ2n) is 5.09. The molecule has 2 aromatic rings. The van der Waals surface area contributed by atoms with E-state index >= 15 is 0 Å². The van der Waals surface area contributed by atoms with Gasteiger partial charge in [0.05, 0.1) is 23.4 Å². The minimum atomic E-state index is -0.883. The number of hydrogen-bond donors (Lipinski definition) is 1. The summed E-state index contributed by atoms with van der Waals surface area (Å²) in [5, 5.41) is 16.1. The monoisotopic (exact) mass is 262 g/mol. The number of aryl methyl sites for hydroxylation is 1. The van der Waals surface area contributed by atoms with Crippen molar-refractivity contribution in [1.82, 2.24) is 9.78 Å². The molecule has 1 atom stereocenters. The second kappa shape index (κ2) is 5.72. The Morgan fingerprint density at radius 2 is 2.05 bits per heavy atom. The van der Waals surface area contributed by atoms with Crippen molar-refractivity contribution in [2.75, 3.05) is 13.2 Å². The number of para-hydroxylation sites is 1. The van der Waals surface area contributed by atoms with Crippen LogP contribution < -0.4 is 0 Å². The van der Waals surface area contributed by atoms with Crippen LogP contribution in [-0.4, -0.2) is 33.7 Å². The van der Waals surface area contributed by atoms with Gasteiger partial charge in [-0.1, -0.05) is 18.2 Å². The largest absolute Gasteiger partial charge is 0.387 e. The highest BCUT2D eigenvalue weighted by Crippen LogP contribution is 2.22. The maximum atomic E-state index is 10.4. The number of hydrogen-bond acceptors (Lipinski definition) is 3. The molecule has 0 saturated heterocycles. The molecule has 104 valence electrons. The average molecular weight is 262 g/mol. The molecule has 19 heavy (non-hydrogen) atoms. The van der Waals surface area contributed by atoms with Crippen molar-refractivity contribution in [2.24, 2.45) is 0 Å². The van der Waals surface area contributed by atoms with Gasteiger partial charge in [-0.25, -0.2) is 0 Å². The fraction of sp³-hybridized carbons (Fsp3) is 0.533. The summed E-state index contributed by atoms with van der Waals surface area (Å²) in [6.07, 6.45) is 0.501. The number of fused-ring (bicyclic) bond motifs is 1. The van der Waals surface area contributed by atoms with Gasteiger partial charge in [-0.05, 0) is 26.8 Å². The van der Waals surface area contributed by atoms with Crippen molar-refractivity contribution in [2.45, 2.75) is 39.3 Å². The summed E-state index contributed by atoms with van der Waals surface area (Å²) in [5.41, 5.74) is 1.17. The van der Waals surface area contributed by atoms with Crippen LogP contribution in [0.3, 0.4) is 0 Å². The average Bonchev–Trinajstić information content (AvgIpc) is 2.74. The second-order valence-corrected chi connectivity index (χ2v) is 5.09. The molecule has 1 aromatic heterocycles. The summed E-state index contributed by atoms with van der Waals surface area (Å²) in [5.74, 6) is 0. The molecule has 0 fully saturated rings. The molecule has 0 saturated carbocycles. The molecule has 1 unspecified atom stereocenters. The van der Waals surface area contributed by atoms with E-state index in [4.69, 9.17) is 4.74 Å². The Hall–Kier alpha value is -1.39. The lowest BCUT2D eigenvalue weighted by molar-refractivity contribution is -0.0301. The molecule has 0 aliphatic heterocycles. The zero-order chi connectivity index (χ0) is 13.9. The smallest absolute Gasteiger partial charge is 0.0908 e. The van der Waals surface area contributed by atoms with Crippen molar-refractivity contribution >= 4 is 10.9 Å². The molecule has 4 heteroatoms. The summed E-state index contributed by atoms with van der Waals surface area (Å²) in [7, 11) is 0. The summed E-state index contributed by atoms with van der Waals surface area (Å²) < 4.78 is 7.30. The quantitative estimate of drug-likeness (QED) is 0.869. The first-order valence-electron chi connectivity index (χ1n) is 6.82. The molecule has 1 heterocycles. The maximum Gasteiger partial charge on any atom is 0.0908 e. The van der Waals surface area contributed by atoms with Gasteiger partial charge in [0.2, 0.25) is 0 Å². The molecular weight excluding hydrogens is 240 g/mol. The van der Waals surface area contributed by atoms with Crippen molar-refractivity contribution in [3.05, 3.63) is 30.0 Å². The lowest BCUT2D eigenvalue weighted by Gasteiger charge is -2.21. The molecule has 0 aliphatic rings. The predicted molar refractivity (Wildman–Crippen MR) is 76.2 cm³/mol. The Labute approximate surface area is 114 Å². The number of ether oxygens (including phenoxy) is 1. The van der Waals surface area contributed by atoms with Crippen LogP contribution in [-0.2, 0) is 17.7 Å². The lowest BCUT2D eigenvalue weighted by atomic mass is 9.99. The van der Waals surface area contributed by atoms with Gasteiger partial charge in [0.1, 0.15) is 0 Å². The first-order valence-corrected chi connectivity index (χ1v) is 6.82. The molecule has 1 aromatic carbocycles. The van der Waals surface area contributed by atoms with Crippen LogP contribution in [0.2, 0.25) is 0 Å². The minimum Gasteiger partial charge on any atom is -0.387 e. The third kappa shape index (κ3) is 3.14. The molecule has 0 bridgehead atoms. The zero-order valence-corrected chi connectivity index (χ0v) is 11.9. The molecule has 4 nitrogen and oxygen atoms in total. The summed E-state index contributed by atoms with van der Waals surface area (Å²) >= 11 is 0. The van der Waals surface area contributed by atoms with Crippen LogP contribution in [0.1, 0.15) is 26.5 Å². The Morgan fingerprint density at radius 3 is 2.74 bits per heavy atom. The highest BCUT2D eigenvalue weighted by atomic mass is 16.5. The fourth-order valence-electron chi connectivity index (χ4n) is 2.30. The number of rotatable bonds is 6. The molecular formula is C15H22N2O2. The highest BCUT2D eigenvalue weighted by Gasteiger charge is 2.24.